The molecule has 2 aliphatic heterocycles. The van der Waals surface area contributed by atoms with Gasteiger partial charge in [-0.05, 0) is 50.6 Å². The van der Waals surface area contributed by atoms with Gasteiger partial charge in [0.2, 0.25) is 0 Å². The van der Waals surface area contributed by atoms with Crippen LogP contribution in [-0.2, 0) is 14.9 Å². The monoisotopic (exact) mass is 394 g/mol. The van der Waals surface area contributed by atoms with Crippen LogP contribution in [0.1, 0.15) is 44.6 Å². The lowest BCUT2D eigenvalue weighted by atomic mass is 9.74. The molecule has 150 valence electrons. The van der Waals surface area contributed by atoms with Gasteiger partial charge in [-0.15, -0.1) is 0 Å². The minimum atomic E-state index is -0.616. The predicted octanol–water partition coefficient (Wildman–Crippen LogP) is 2.97. The quantitative estimate of drug-likeness (QED) is 0.795. The van der Waals surface area contributed by atoms with Crippen molar-refractivity contribution >= 4 is 25.6 Å². The molecule has 7 heteroatoms. The highest BCUT2D eigenvalue weighted by Gasteiger charge is 2.33. The third-order valence-corrected chi connectivity index (χ3v) is 5.58. The summed E-state index contributed by atoms with van der Waals surface area (Å²) in [5.41, 5.74) is 1.29. The number of carbonyl (C=O) groups is 2. The Kier molecular flexibility index (Phi) is 7.56. The maximum absolute atomic E-state index is 12.1. The van der Waals surface area contributed by atoms with Crippen LogP contribution in [-0.4, -0.2) is 49.7 Å². The highest BCUT2D eigenvalue weighted by molar-refractivity contribution is 7.59. The van der Waals surface area contributed by atoms with Gasteiger partial charge in [0, 0.05) is 18.4 Å². The summed E-state index contributed by atoms with van der Waals surface area (Å²) in [7, 11) is 2.17. The number of nitrogens with one attached hydrogen (secondary N) is 1. The van der Waals surface area contributed by atoms with E-state index in [0.29, 0.717) is 18.8 Å². The van der Waals surface area contributed by atoms with Gasteiger partial charge in [-0.25, -0.2) is 9.59 Å². The van der Waals surface area contributed by atoms with E-state index in [2.05, 4.69) is 30.3 Å². The number of likely N-dealkylation sites (N-methyl/N-ethyl adjacent to an activating group) is 1. The molecule has 1 unspecified atom stereocenters. The van der Waals surface area contributed by atoms with Crippen LogP contribution >= 0.6 is 13.5 Å². The number of amides is 1. The molecule has 0 radical (unpaired) electrons. The molecule has 2 fully saturated rings. The summed E-state index contributed by atoms with van der Waals surface area (Å²) in [6.07, 6.45) is 4.47. The molecule has 2 heterocycles. The SMILES string of the molecule is CCC1(c2cccc(OC(=O)N[C@H]3CCOC3=O)c2)CCCCN(C)C1.S. The Hall–Kier alpha value is -1.73. The van der Waals surface area contributed by atoms with Crippen LogP contribution in [0.3, 0.4) is 0 Å². The van der Waals surface area contributed by atoms with Crippen molar-refractivity contribution in [3.63, 3.8) is 0 Å². The first-order chi connectivity index (χ1) is 12.5. The van der Waals surface area contributed by atoms with Crippen molar-refractivity contribution in [3.8, 4) is 5.75 Å². The van der Waals surface area contributed by atoms with Crippen molar-refractivity contribution in [1.82, 2.24) is 10.2 Å². The minimum Gasteiger partial charge on any atom is -0.464 e. The first-order valence-electron chi connectivity index (χ1n) is 9.46. The second-order valence-corrected chi connectivity index (χ2v) is 7.40. The van der Waals surface area contributed by atoms with E-state index in [1.54, 1.807) is 6.07 Å². The fraction of sp³-hybridized carbons (Fsp3) is 0.600. The Morgan fingerprint density at radius 1 is 1.41 bits per heavy atom. The van der Waals surface area contributed by atoms with Crippen molar-refractivity contribution < 1.29 is 19.1 Å². The predicted molar refractivity (Wildman–Crippen MR) is 109 cm³/mol. The zero-order valence-electron chi connectivity index (χ0n) is 16.1. The molecule has 1 aromatic carbocycles. The second-order valence-electron chi connectivity index (χ2n) is 7.40. The van der Waals surface area contributed by atoms with Crippen molar-refractivity contribution in [2.45, 2.75) is 50.5 Å². The first-order valence-corrected chi connectivity index (χ1v) is 9.46. The summed E-state index contributed by atoms with van der Waals surface area (Å²) in [5, 5.41) is 2.57. The molecule has 0 spiro atoms. The van der Waals surface area contributed by atoms with E-state index in [9.17, 15) is 9.59 Å². The molecule has 3 rings (SSSR count). The van der Waals surface area contributed by atoms with Crippen LogP contribution in [0.4, 0.5) is 4.79 Å². The van der Waals surface area contributed by atoms with E-state index in [4.69, 9.17) is 9.47 Å². The average Bonchev–Trinajstić information content (AvgIpc) is 2.91. The molecule has 0 aromatic heterocycles. The molecule has 0 aliphatic carbocycles. The minimum absolute atomic E-state index is 0. The highest BCUT2D eigenvalue weighted by atomic mass is 32.1. The van der Waals surface area contributed by atoms with Gasteiger partial charge in [0.15, 0.2) is 0 Å². The van der Waals surface area contributed by atoms with Gasteiger partial charge in [-0.3, -0.25) is 0 Å². The van der Waals surface area contributed by atoms with Gasteiger partial charge in [0.1, 0.15) is 11.8 Å². The Morgan fingerprint density at radius 2 is 2.22 bits per heavy atom. The van der Waals surface area contributed by atoms with Crippen LogP contribution in [0.25, 0.3) is 0 Å². The van der Waals surface area contributed by atoms with E-state index < -0.39 is 18.1 Å². The highest BCUT2D eigenvalue weighted by Crippen LogP contribution is 2.37. The van der Waals surface area contributed by atoms with Gasteiger partial charge < -0.3 is 19.7 Å². The topological polar surface area (TPSA) is 67.9 Å². The molecule has 2 saturated heterocycles. The van der Waals surface area contributed by atoms with Gasteiger partial charge in [0.05, 0.1) is 6.61 Å². The maximum Gasteiger partial charge on any atom is 0.413 e. The fourth-order valence-electron chi connectivity index (χ4n) is 4.04. The van der Waals surface area contributed by atoms with Crippen molar-refractivity contribution in [2.24, 2.45) is 0 Å². The van der Waals surface area contributed by atoms with Crippen LogP contribution in [0.5, 0.6) is 5.75 Å². The van der Waals surface area contributed by atoms with Gasteiger partial charge in [0.25, 0.3) is 0 Å². The summed E-state index contributed by atoms with van der Waals surface area (Å²) in [6.45, 7) is 4.70. The van der Waals surface area contributed by atoms with E-state index in [1.807, 2.05) is 12.1 Å². The standard InChI is InChI=1S/C20H28N2O4.H2S/c1-3-20(10-4-5-11-22(2)14-20)15-7-6-8-16(13-15)26-19(24)21-17-9-12-25-18(17)23;/h6-8,13,17H,3-5,9-12,14H2,1-2H3,(H,21,24);1H2/t17-,20?;/m0./s1. The lowest BCUT2D eigenvalue weighted by Gasteiger charge is -2.35. The normalized spacial score (nSPS) is 25.9. The Labute approximate surface area is 168 Å². The van der Waals surface area contributed by atoms with Crippen LogP contribution in [0.2, 0.25) is 0 Å². The molecule has 0 saturated carbocycles. The Balaban J connectivity index is 0.00000261. The number of ether oxygens (including phenoxy) is 2. The lowest BCUT2D eigenvalue weighted by Crippen LogP contribution is -2.39. The van der Waals surface area contributed by atoms with Crippen molar-refractivity contribution in [1.29, 1.82) is 0 Å². The van der Waals surface area contributed by atoms with Gasteiger partial charge >= 0.3 is 12.1 Å². The van der Waals surface area contributed by atoms with Crippen LogP contribution in [0.15, 0.2) is 24.3 Å². The van der Waals surface area contributed by atoms with Gasteiger partial charge in [-0.1, -0.05) is 25.5 Å². The lowest BCUT2D eigenvalue weighted by molar-refractivity contribution is -0.139. The largest absolute Gasteiger partial charge is 0.464 e. The molecule has 6 nitrogen and oxygen atoms in total. The van der Waals surface area contributed by atoms with E-state index >= 15 is 0 Å². The van der Waals surface area contributed by atoms with E-state index in [1.165, 1.54) is 18.4 Å². The number of carbonyl (C=O) groups excluding carboxylic acids is 2. The maximum atomic E-state index is 12.1. The first kappa shape index (κ1) is 21.6. The molecule has 1 N–H and O–H groups in total. The summed E-state index contributed by atoms with van der Waals surface area (Å²) in [6, 6.07) is 7.20. The smallest absolute Gasteiger partial charge is 0.413 e. The molecule has 1 amide bonds. The zero-order chi connectivity index (χ0) is 18.6. The molecular formula is C20H30N2O4S. The third kappa shape index (κ3) is 5.17. The third-order valence-electron chi connectivity index (χ3n) is 5.58. The fourth-order valence-corrected chi connectivity index (χ4v) is 4.04. The summed E-state index contributed by atoms with van der Waals surface area (Å²) >= 11 is 0. The molecule has 2 aliphatic rings. The van der Waals surface area contributed by atoms with Crippen molar-refractivity contribution in [2.75, 3.05) is 26.7 Å². The molecule has 1 aromatic rings. The number of rotatable bonds is 4. The number of likely N-dealkylation sites (tertiary alicyclic amines) is 1. The number of cyclic esters (lactones) is 1. The number of nitrogens with zero attached hydrogens (tertiary/aromatic N) is 1. The number of benzene rings is 1. The molecular weight excluding hydrogens is 364 g/mol. The summed E-state index contributed by atoms with van der Waals surface area (Å²) in [4.78, 5) is 26.0. The molecule has 0 bridgehead atoms. The Bertz CT molecular complexity index is 669. The van der Waals surface area contributed by atoms with Crippen LogP contribution < -0.4 is 10.1 Å². The van der Waals surface area contributed by atoms with E-state index in [0.717, 1.165) is 25.9 Å². The summed E-state index contributed by atoms with van der Waals surface area (Å²) in [5.74, 6) is 0.105. The zero-order valence-corrected chi connectivity index (χ0v) is 17.1. The Morgan fingerprint density at radius 3 is 2.93 bits per heavy atom. The number of esters is 1. The average molecular weight is 395 g/mol. The number of hydrogen-bond donors (Lipinski definition) is 1. The molecule has 27 heavy (non-hydrogen) atoms. The number of hydrogen-bond acceptors (Lipinski definition) is 5. The second kappa shape index (κ2) is 9.46. The van der Waals surface area contributed by atoms with Gasteiger partial charge in [-0.2, -0.15) is 13.5 Å². The molecule has 2 atom stereocenters. The van der Waals surface area contributed by atoms with E-state index in [-0.39, 0.29) is 18.9 Å². The van der Waals surface area contributed by atoms with Crippen LogP contribution in [0, 0.1) is 0 Å². The van der Waals surface area contributed by atoms with Crippen molar-refractivity contribution in [3.05, 3.63) is 29.8 Å². The summed E-state index contributed by atoms with van der Waals surface area (Å²) < 4.78 is 10.3.